The second-order valence-electron chi connectivity index (χ2n) is 9.03. The molecule has 196 valence electrons. The molecule has 5 rings (SSSR count). The number of nitrogens with zero attached hydrogens (tertiary/aromatic N) is 7. The van der Waals surface area contributed by atoms with Crippen molar-refractivity contribution >= 4 is 11.9 Å². The van der Waals surface area contributed by atoms with Gasteiger partial charge in [-0.25, -0.2) is 0 Å². The van der Waals surface area contributed by atoms with Crippen molar-refractivity contribution < 1.29 is 22.7 Å². The first kappa shape index (κ1) is 24.8. The fourth-order valence-electron chi connectivity index (χ4n) is 4.76. The summed E-state index contributed by atoms with van der Waals surface area (Å²) in [7, 11) is 0. The van der Waals surface area contributed by atoms with Gasteiger partial charge in [-0.3, -0.25) is 19.6 Å². The van der Waals surface area contributed by atoms with Gasteiger partial charge in [0.15, 0.2) is 5.69 Å². The van der Waals surface area contributed by atoms with Gasteiger partial charge in [-0.15, -0.1) is 5.10 Å². The molecule has 1 N–H and O–H groups in total. The number of amides is 1. The van der Waals surface area contributed by atoms with E-state index in [0.717, 1.165) is 0 Å². The van der Waals surface area contributed by atoms with Crippen molar-refractivity contribution in [2.24, 2.45) is 0 Å². The zero-order valence-electron chi connectivity index (χ0n) is 20.5. The Labute approximate surface area is 211 Å². The molecule has 10 nitrogen and oxygen atoms in total. The molecule has 4 heterocycles. The molecule has 0 radical (unpaired) electrons. The molecule has 0 bridgehead atoms. The van der Waals surface area contributed by atoms with Crippen LogP contribution in [-0.4, -0.2) is 66.2 Å². The third-order valence-corrected chi connectivity index (χ3v) is 6.63. The fourth-order valence-corrected chi connectivity index (χ4v) is 4.76. The number of carbonyl (C=O) groups is 1. The van der Waals surface area contributed by atoms with Gasteiger partial charge in [-0.1, -0.05) is 5.21 Å². The van der Waals surface area contributed by atoms with E-state index in [1.165, 1.54) is 10.9 Å². The van der Waals surface area contributed by atoms with E-state index in [-0.39, 0.29) is 37.1 Å². The molecule has 1 fully saturated rings. The number of amidine groups is 1. The van der Waals surface area contributed by atoms with E-state index < -0.39 is 11.9 Å². The molecular weight excluding hydrogens is 489 g/mol. The molecule has 0 aliphatic carbocycles. The number of aromatic nitrogens is 5. The van der Waals surface area contributed by atoms with Crippen LogP contribution in [0, 0.1) is 5.41 Å². The lowest BCUT2D eigenvalue weighted by molar-refractivity contribution is -0.141. The summed E-state index contributed by atoms with van der Waals surface area (Å²) in [5.41, 5.74) is 1.50. The van der Waals surface area contributed by atoms with E-state index in [1.807, 2.05) is 6.92 Å². The first-order valence-corrected chi connectivity index (χ1v) is 12.1. The summed E-state index contributed by atoms with van der Waals surface area (Å²) >= 11 is 0. The SMILES string of the molecule is CCn1cc(CN2CCc3c(cc(CN4CCOC4=N)cc3-c3cn(CC)nc3C(F)(F)F)C2=O)nn1. The van der Waals surface area contributed by atoms with E-state index in [2.05, 4.69) is 15.4 Å². The lowest BCUT2D eigenvalue weighted by atomic mass is 9.88. The van der Waals surface area contributed by atoms with Crippen molar-refractivity contribution in [1.29, 1.82) is 5.41 Å². The molecule has 0 spiro atoms. The number of nitrogens with one attached hydrogen (secondary N) is 1. The summed E-state index contributed by atoms with van der Waals surface area (Å²) in [6.45, 7) is 6.26. The molecule has 1 saturated heterocycles. The van der Waals surface area contributed by atoms with Gasteiger partial charge in [-0.05, 0) is 49.1 Å². The maximum absolute atomic E-state index is 14.0. The number of rotatable bonds is 7. The molecule has 13 heteroatoms. The monoisotopic (exact) mass is 516 g/mol. The first-order valence-electron chi connectivity index (χ1n) is 12.1. The molecule has 0 unspecified atom stereocenters. The predicted molar refractivity (Wildman–Crippen MR) is 127 cm³/mol. The zero-order valence-corrected chi connectivity index (χ0v) is 20.5. The number of fused-ring (bicyclic) bond motifs is 1. The van der Waals surface area contributed by atoms with Crippen molar-refractivity contribution in [3.8, 4) is 11.1 Å². The van der Waals surface area contributed by atoms with E-state index >= 15 is 0 Å². The number of hydrogen-bond acceptors (Lipinski definition) is 6. The van der Waals surface area contributed by atoms with Crippen LogP contribution in [0.5, 0.6) is 0 Å². The van der Waals surface area contributed by atoms with Gasteiger partial charge in [-0.2, -0.15) is 18.3 Å². The third kappa shape index (κ3) is 4.77. The van der Waals surface area contributed by atoms with Crippen molar-refractivity contribution in [1.82, 2.24) is 34.6 Å². The van der Waals surface area contributed by atoms with Crippen LogP contribution < -0.4 is 0 Å². The summed E-state index contributed by atoms with van der Waals surface area (Å²) in [6, 6.07) is 3.41. The highest BCUT2D eigenvalue weighted by Gasteiger charge is 2.39. The first-order chi connectivity index (χ1) is 17.7. The Kier molecular flexibility index (Phi) is 6.38. The minimum absolute atomic E-state index is 0.000942. The summed E-state index contributed by atoms with van der Waals surface area (Å²) in [5, 5.41) is 19.9. The van der Waals surface area contributed by atoms with Gasteiger partial charge in [0, 0.05) is 43.5 Å². The molecular formula is C24H27F3N8O2. The van der Waals surface area contributed by atoms with Crippen molar-refractivity contribution in [2.45, 2.75) is 52.6 Å². The van der Waals surface area contributed by atoms with Gasteiger partial charge in [0.05, 0.1) is 19.3 Å². The quantitative estimate of drug-likeness (QED) is 0.517. The van der Waals surface area contributed by atoms with Gasteiger partial charge in [0.25, 0.3) is 11.9 Å². The number of hydrogen-bond donors (Lipinski definition) is 1. The molecule has 2 aliphatic heterocycles. The zero-order chi connectivity index (χ0) is 26.3. The average Bonchev–Trinajstić information content (AvgIpc) is 3.60. The average molecular weight is 517 g/mol. The molecule has 1 amide bonds. The molecule has 2 aromatic heterocycles. The second kappa shape index (κ2) is 9.52. The summed E-state index contributed by atoms with van der Waals surface area (Å²) < 4.78 is 50.1. The minimum Gasteiger partial charge on any atom is -0.463 e. The molecule has 0 atom stereocenters. The Hall–Kier alpha value is -3.90. The summed E-state index contributed by atoms with van der Waals surface area (Å²) in [5.74, 6) is -0.278. The van der Waals surface area contributed by atoms with E-state index in [1.54, 1.807) is 39.7 Å². The Morgan fingerprint density at radius 1 is 1.00 bits per heavy atom. The van der Waals surface area contributed by atoms with Gasteiger partial charge < -0.3 is 14.5 Å². The van der Waals surface area contributed by atoms with Gasteiger partial charge in [0.2, 0.25) is 0 Å². The minimum atomic E-state index is -4.65. The van der Waals surface area contributed by atoms with Crippen LogP contribution in [0.1, 0.15) is 46.7 Å². The number of carbonyl (C=O) groups excluding carboxylic acids is 1. The number of aryl methyl sites for hydroxylation is 2. The topological polar surface area (TPSA) is 105 Å². The molecule has 2 aliphatic rings. The Bertz CT molecular complexity index is 1350. The molecule has 3 aromatic rings. The van der Waals surface area contributed by atoms with E-state index in [9.17, 15) is 18.0 Å². The number of alkyl halides is 3. The van der Waals surface area contributed by atoms with E-state index in [0.29, 0.717) is 60.6 Å². The third-order valence-electron chi connectivity index (χ3n) is 6.63. The number of benzene rings is 1. The smallest absolute Gasteiger partial charge is 0.435 e. The van der Waals surface area contributed by atoms with Crippen LogP contribution >= 0.6 is 0 Å². The maximum Gasteiger partial charge on any atom is 0.435 e. The van der Waals surface area contributed by atoms with Crippen molar-refractivity contribution in [3.63, 3.8) is 0 Å². The van der Waals surface area contributed by atoms with Gasteiger partial charge >= 0.3 is 6.18 Å². The van der Waals surface area contributed by atoms with E-state index in [4.69, 9.17) is 10.1 Å². The molecule has 37 heavy (non-hydrogen) atoms. The molecule has 1 aromatic carbocycles. The van der Waals surface area contributed by atoms with Gasteiger partial charge in [0.1, 0.15) is 12.3 Å². The van der Waals surface area contributed by atoms with Crippen LogP contribution in [-0.2, 0) is 43.5 Å². The highest BCUT2D eigenvalue weighted by atomic mass is 19.4. The van der Waals surface area contributed by atoms with Crippen LogP contribution in [0.2, 0.25) is 0 Å². The predicted octanol–water partition coefficient (Wildman–Crippen LogP) is 3.17. The largest absolute Gasteiger partial charge is 0.463 e. The van der Waals surface area contributed by atoms with Crippen LogP contribution in [0.4, 0.5) is 13.2 Å². The normalized spacial score (nSPS) is 15.9. The van der Waals surface area contributed by atoms with Crippen LogP contribution in [0.25, 0.3) is 11.1 Å². The lowest BCUT2D eigenvalue weighted by Gasteiger charge is -2.30. The fraction of sp³-hybridized carbons (Fsp3) is 0.458. The van der Waals surface area contributed by atoms with Crippen LogP contribution in [0.15, 0.2) is 24.5 Å². The standard InChI is InChI=1S/C24H27F3N8O2/c1-3-34-14-20(21(30-34)24(25,26)27)18-9-15(11-33-7-8-37-23(33)28)10-19-17(18)5-6-32(22(19)36)12-16-13-35(4-2)31-29-16/h9-10,13-14,28H,3-8,11-12H2,1-2H3. The highest BCUT2D eigenvalue weighted by Crippen LogP contribution is 2.40. The summed E-state index contributed by atoms with van der Waals surface area (Å²) in [6.07, 6.45) is -1.10. The number of halogens is 3. The maximum atomic E-state index is 14.0. The summed E-state index contributed by atoms with van der Waals surface area (Å²) in [4.78, 5) is 16.9. The van der Waals surface area contributed by atoms with Crippen molar-refractivity contribution in [3.05, 3.63) is 52.6 Å². The van der Waals surface area contributed by atoms with Crippen LogP contribution in [0.3, 0.4) is 0 Å². The van der Waals surface area contributed by atoms with Crippen molar-refractivity contribution in [2.75, 3.05) is 19.7 Å². The Morgan fingerprint density at radius 3 is 2.41 bits per heavy atom. The lowest BCUT2D eigenvalue weighted by Crippen LogP contribution is -2.37. The Balaban J connectivity index is 1.58. The second-order valence-corrected chi connectivity index (χ2v) is 9.03. The Morgan fingerprint density at radius 2 is 1.76 bits per heavy atom. The molecule has 0 saturated carbocycles. The highest BCUT2D eigenvalue weighted by molar-refractivity contribution is 5.99. The number of ether oxygens (including phenoxy) is 1.